The van der Waals surface area contributed by atoms with Crippen LogP contribution in [0.4, 0.5) is 17.6 Å². The summed E-state index contributed by atoms with van der Waals surface area (Å²) in [5, 5.41) is 8.15. The number of fused-ring (bicyclic) bond motifs is 3. The third-order valence-electron chi connectivity index (χ3n) is 6.61. The van der Waals surface area contributed by atoms with Crippen LogP contribution in [0.25, 0.3) is 22.9 Å². The molecule has 186 valence electrons. The van der Waals surface area contributed by atoms with Crippen LogP contribution in [0.1, 0.15) is 24.0 Å². The van der Waals surface area contributed by atoms with Crippen LogP contribution in [0.15, 0.2) is 46.9 Å². The van der Waals surface area contributed by atoms with Crippen LogP contribution < -0.4 is 9.44 Å². The number of aromatic nitrogens is 2. The summed E-state index contributed by atoms with van der Waals surface area (Å²) in [6.45, 7) is -1.61. The number of halogens is 4. The molecule has 3 aromatic rings. The van der Waals surface area contributed by atoms with Gasteiger partial charge >= 0.3 is 6.18 Å². The van der Waals surface area contributed by atoms with Crippen LogP contribution in [0.2, 0.25) is 0 Å². The van der Waals surface area contributed by atoms with E-state index in [0.717, 1.165) is 24.0 Å². The number of hydrogen-bond donors (Lipinski definition) is 2. The molecule has 0 radical (unpaired) electrons. The van der Waals surface area contributed by atoms with Crippen molar-refractivity contribution in [2.45, 2.75) is 37.9 Å². The fraction of sp³-hybridized carbons (Fsp3) is 0.391. The van der Waals surface area contributed by atoms with Gasteiger partial charge in [0.05, 0.1) is 0 Å². The topological polar surface area (TPSA) is 97.1 Å². The highest BCUT2D eigenvalue weighted by atomic mass is 32.2. The first kappa shape index (κ1) is 23.9. The molecule has 35 heavy (non-hydrogen) atoms. The molecule has 1 aromatic heterocycles. The Hall–Kier alpha value is -2.83. The lowest BCUT2D eigenvalue weighted by Crippen LogP contribution is -2.49. The smallest absolute Gasteiger partial charge is 0.402 e. The Balaban J connectivity index is 1.34. The molecule has 5 rings (SSSR count). The fourth-order valence-corrected chi connectivity index (χ4v) is 6.16. The zero-order chi connectivity index (χ0) is 24.8. The first-order chi connectivity index (χ1) is 16.6. The number of hydrogen-bond acceptors (Lipinski definition) is 5. The molecule has 2 aliphatic carbocycles. The minimum atomic E-state index is -4.63. The second kappa shape index (κ2) is 8.99. The largest absolute Gasteiger partial charge is 0.416 e. The SMILES string of the molecule is O=S(=O)(NCC(F)(F)F)N[C@@H]1[C@@H]2CC[C@H]1Cc1cc(-c3nnc(-c4ccc(F)cc4)o3)ccc1C2. The number of nitrogens with zero attached hydrogens (tertiary/aromatic N) is 2. The number of alkyl halides is 3. The van der Waals surface area contributed by atoms with Gasteiger partial charge in [0.15, 0.2) is 0 Å². The molecule has 1 fully saturated rings. The average molecular weight is 511 g/mol. The number of nitrogens with one attached hydrogen (secondary N) is 2. The van der Waals surface area contributed by atoms with Gasteiger partial charge in [-0.05, 0) is 85.0 Å². The molecule has 0 aliphatic heterocycles. The molecule has 12 heteroatoms. The van der Waals surface area contributed by atoms with Crippen LogP contribution in [0.3, 0.4) is 0 Å². The van der Waals surface area contributed by atoms with Crippen molar-refractivity contribution in [2.75, 3.05) is 6.54 Å². The van der Waals surface area contributed by atoms with Gasteiger partial charge in [-0.2, -0.15) is 31.0 Å². The van der Waals surface area contributed by atoms with E-state index in [4.69, 9.17) is 4.42 Å². The summed E-state index contributed by atoms with van der Waals surface area (Å²) in [4.78, 5) is 0. The number of rotatable bonds is 6. The van der Waals surface area contributed by atoms with E-state index < -0.39 is 29.0 Å². The molecule has 0 unspecified atom stereocenters. The summed E-state index contributed by atoms with van der Waals surface area (Å²) >= 11 is 0. The van der Waals surface area contributed by atoms with E-state index in [2.05, 4.69) is 14.9 Å². The van der Waals surface area contributed by atoms with Crippen LogP contribution in [0.5, 0.6) is 0 Å². The van der Waals surface area contributed by atoms with Gasteiger partial charge in [0.25, 0.3) is 10.2 Å². The summed E-state index contributed by atoms with van der Waals surface area (Å²) in [5.74, 6) is 0.134. The summed E-state index contributed by atoms with van der Waals surface area (Å²) in [6, 6.07) is 11.0. The average Bonchev–Trinajstić information content (AvgIpc) is 3.37. The van der Waals surface area contributed by atoms with E-state index in [9.17, 15) is 26.0 Å². The quantitative estimate of drug-likeness (QED) is 0.489. The molecular weight excluding hydrogens is 488 g/mol. The lowest BCUT2D eigenvalue weighted by Gasteiger charge is -2.23. The zero-order valence-electron chi connectivity index (χ0n) is 18.3. The van der Waals surface area contributed by atoms with Crippen LogP contribution >= 0.6 is 0 Å². The van der Waals surface area contributed by atoms with Crippen molar-refractivity contribution in [3.63, 3.8) is 0 Å². The first-order valence-corrected chi connectivity index (χ1v) is 12.6. The molecule has 2 N–H and O–H groups in total. The minimum Gasteiger partial charge on any atom is -0.416 e. The Bertz CT molecular complexity index is 1330. The highest BCUT2D eigenvalue weighted by Crippen LogP contribution is 2.41. The molecule has 1 heterocycles. The Morgan fingerprint density at radius 1 is 0.914 bits per heavy atom. The fourth-order valence-electron chi connectivity index (χ4n) is 4.98. The van der Waals surface area contributed by atoms with Crippen molar-refractivity contribution in [1.82, 2.24) is 19.6 Å². The molecule has 2 bridgehead atoms. The molecule has 2 aromatic carbocycles. The third kappa shape index (κ3) is 5.39. The third-order valence-corrected chi connectivity index (χ3v) is 7.72. The van der Waals surface area contributed by atoms with E-state index in [1.165, 1.54) is 12.1 Å². The predicted octanol–water partition coefficient (Wildman–Crippen LogP) is 4.02. The second-order valence-electron chi connectivity index (χ2n) is 8.99. The van der Waals surface area contributed by atoms with Crippen molar-refractivity contribution in [2.24, 2.45) is 11.8 Å². The second-order valence-corrected chi connectivity index (χ2v) is 10.5. The van der Waals surface area contributed by atoms with Gasteiger partial charge in [-0.3, -0.25) is 0 Å². The van der Waals surface area contributed by atoms with Crippen LogP contribution in [-0.4, -0.2) is 37.4 Å². The molecule has 7 nitrogen and oxygen atoms in total. The molecule has 0 saturated heterocycles. The minimum absolute atomic E-state index is 0.0111. The lowest BCUT2D eigenvalue weighted by atomic mass is 9.92. The van der Waals surface area contributed by atoms with Crippen LogP contribution in [-0.2, 0) is 23.1 Å². The summed E-state index contributed by atoms with van der Waals surface area (Å²) in [6.07, 6.45) is -1.87. The monoisotopic (exact) mass is 510 g/mol. The molecular formula is C23H22F4N4O3S. The van der Waals surface area contributed by atoms with Gasteiger partial charge in [0.2, 0.25) is 11.8 Å². The van der Waals surface area contributed by atoms with E-state index in [-0.39, 0.29) is 23.5 Å². The maximum atomic E-state index is 13.2. The Labute approximate surface area is 199 Å². The Morgan fingerprint density at radius 2 is 1.51 bits per heavy atom. The van der Waals surface area contributed by atoms with Gasteiger partial charge in [-0.25, -0.2) is 4.39 Å². The molecule has 0 amide bonds. The van der Waals surface area contributed by atoms with E-state index in [0.29, 0.717) is 29.9 Å². The molecule has 1 saturated carbocycles. The maximum Gasteiger partial charge on any atom is 0.402 e. The van der Waals surface area contributed by atoms with Crippen molar-refractivity contribution >= 4 is 10.2 Å². The highest BCUT2D eigenvalue weighted by molar-refractivity contribution is 7.87. The Kier molecular flexibility index (Phi) is 6.14. The molecule has 3 atom stereocenters. The van der Waals surface area contributed by atoms with Crippen molar-refractivity contribution in [3.8, 4) is 22.9 Å². The van der Waals surface area contributed by atoms with E-state index in [1.54, 1.807) is 16.9 Å². The first-order valence-electron chi connectivity index (χ1n) is 11.1. The summed E-state index contributed by atoms with van der Waals surface area (Å²) in [7, 11) is -4.30. The summed E-state index contributed by atoms with van der Waals surface area (Å²) in [5.41, 5.74) is 3.37. The molecule has 0 spiro atoms. The maximum absolute atomic E-state index is 13.2. The highest BCUT2D eigenvalue weighted by Gasteiger charge is 2.41. The van der Waals surface area contributed by atoms with Gasteiger partial charge < -0.3 is 4.42 Å². The van der Waals surface area contributed by atoms with Gasteiger partial charge in [-0.15, -0.1) is 10.2 Å². The lowest BCUT2D eigenvalue weighted by molar-refractivity contribution is -0.121. The van der Waals surface area contributed by atoms with Crippen molar-refractivity contribution in [1.29, 1.82) is 0 Å². The van der Waals surface area contributed by atoms with Gasteiger partial charge in [0, 0.05) is 17.2 Å². The number of benzene rings is 2. The van der Waals surface area contributed by atoms with Crippen molar-refractivity contribution < 1.29 is 30.4 Å². The zero-order valence-corrected chi connectivity index (χ0v) is 19.2. The molecule has 2 aliphatic rings. The van der Waals surface area contributed by atoms with Gasteiger partial charge in [0.1, 0.15) is 12.4 Å². The standard InChI is InChI=1S/C23H22F4N4O3S/c24-19-7-5-13(6-8-19)21-29-30-22(34-21)17-4-1-14-9-15-2-3-16(10-18(14)11-17)20(15)31-35(32,33)28-12-23(25,26)27/h1,4-8,11,15-16,20,28,31H,2-3,9-10,12H2/t15-,16+,20-/m1/s1. The van der Waals surface area contributed by atoms with Crippen LogP contribution in [0, 0.1) is 17.7 Å². The summed E-state index contributed by atoms with van der Waals surface area (Å²) < 4.78 is 85.0. The normalized spacial score (nSPS) is 22.1. The van der Waals surface area contributed by atoms with Crippen molar-refractivity contribution in [3.05, 3.63) is 59.4 Å². The predicted molar refractivity (Wildman–Crippen MR) is 119 cm³/mol. The van der Waals surface area contributed by atoms with E-state index in [1.807, 2.05) is 18.2 Å². The van der Waals surface area contributed by atoms with Gasteiger partial charge in [-0.1, -0.05) is 6.07 Å². The Morgan fingerprint density at radius 3 is 2.17 bits per heavy atom. The van der Waals surface area contributed by atoms with E-state index >= 15 is 0 Å².